The summed E-state index contributed by atoms with van der Waals surface area (Å²) in [5, 5.41) is 20.6. The van der Waals surface area contributed by atoms with E-state index in [1.165, 1.54) is 11.3 Å². The highest BCUT2D eigenvalue weighted by Gasteiger charge is 2.25. The number of rotatable bonds is 9. The molecular weight excluding hydrogens is 518 g/mol. The Morgan fingerprint density at radius 1 is 1.13 bits per heavy atom. The topological polar surface area (TPSA) is 109 Å². The van der Waals surface area contributed by atoms with Gasteiger partial charge in [-0.1, -0.05) is 19.9 Å². The number of benzene rings is 1. The van der Waals surface area contributed by atoms with Crippen molar-refractivity contribution >= 4 is 50.4 Å². The number of thiophene rings is 1. The number of amides is 2. The molecular formula is C28H29N5O3S2. The molecule has 1 atom stereocenters. The smallest absolute Gasteiger partial charge is 0.270 e. The summed E-state index contributed by atoms with van der Waals surface area (Å²) in [6.07, 6.45) is 2.38. The third kappa shape index (κ3) is 5.33. The van der Waals surface area contributed by atoms with Gasteiger partial charge in [-0.15, -0.1) is 11.3 Å². The zero-order valence-corrected chi connectivity index (χ0v) is 23.0. The Labute approximate surface area is 228 Å². The number of nitrogens with one attached hydrogen (secondary N) is 2. The maximum absolute atomic E-state index is 13.5. The molecule has 0 saturated heterocycles. The Hall–Kier alpha value is -3.60. The number of fused-ring (bicyclic) bond motifs is 2. The first-order valence-electron chi connectivity index (χ1n) is 12.4. The number of pyridine rings is 1. The number of imidazole rings is 1. The van der Waals surface area contributed by atoms with E-state index in [-0.39, 0.29) is 24.5 Å². The van der Waals surface area contributed by atoms with Crippen LogP contribution in [0.25, 0.3) is 27.1 Å². The van der Waals surface area contributed by atoms with Crippen LogP contribution in [0.4, 0.5) is 0 Å². The van der Waals surface area contributed by atoms with Crippen LogP contribution in [0.5, 0.6) is 0 Å². The largest absolute Gasteiger partial charge is 0.394 e. The van der Waals surface area contributed by atoms with E-state index >= 15 is 0 Å². The molecule has 10 heteroatoms. The SMILES string of the molecule is Cc1nc2ccc(CNC(=O)c3cccn4c(C(=O)N[C@H](CO)CC(C)C)c(-c5ccsc5)nc34)cc2s1. The molecule has 8 nitrogen and oxygen atoms in total. The first-order valence-corrected chi connectivity index (χ1v) is 14.2. The lowest BCUT2D eigenvalue weighted by atomic mass is 10.0. The van der Waals surface area contributed by atoms with Crippen LogP contribution in [-0.2, 0) is 6.54 Å². The molecule has 0 spiro atoms. The zero-order chi connectivity index (χ0) is 26.8. The van der Waals surface area contributed by atoms with E-state index in [4.69, 9.17) is 4.98 Å². The van der Waals surface area contributed by atoms with Crippen LogP contribution in [0.15, 0.2) is 53.4 Å². The standard InChI is InChI=1S/C28H29N5O3S2/c1-16(2)11-20(14-34)31-28(36)25-24(19-8-10-37-15-19)32-26-21(5-4-9-33(25)26)27(35)29-13-18-6-7-22-23(12-18)38-17(3)30-22/h4-10,12,15-16,20,34H,11,13-14H2,1-3H3,(H,29,35)(H,31,36)/t20-/m0/s1. The Bertz CT molecular complexity index is 1600. The molecule has 0 unspecified atom stereocenters. The summed E-state index contributed by atoms with van der Waals surface area (Å²) in [6, 6.07) is 10.9. The summed E-state index contributed by atoms with van der Waals surface area (Å²) >= 11 is 3.13. The van der Waals surface area contributed by atoms with Crippen LogP contribution in [-0.4, -0.2) is 43.9 Å². The summed E-state index contributed by atoms with van der Waals surface area (Å²) in [4.78, 5) is 36.1. The van der Waals surface area contributed by atoms with Crippen molar-refractivity contribution in [1.29, 1.82) is 0 Å². The minimum absolute atomic E-state index is 0.158. The Balaban J connectivity index is 1.46. The van der Waals surface area contributed by atoms with E-state index in [0.717, 1.165) is 26.4 Å². The molecule has 0 bridgehead atoms. The van der Waals surface area contributed by atoms with Gasteiger partial charge in [0.25, 0.3) is 11.8 Å². The molecule has 0 saturated carbocycles. The predicted octanol–water partition coefficient (Wildman–Crippen LogP) is 5.05. The second-order valence-electron chi connectivity index (χ2n) is 9.64. The van der Waals surface area contributed by atoms with Crippen molar-refractivity contribution < 1.29 is 14.7 Å². The summed E-state index contributed by atoms with van der Waals surface area (Å²) < 4.78 is 2.74. The highest BCUT2D eigenvalue weighted by molar-refractivity contribution is 7.18. The molecule has 2 amide bonds. The van der Waals surface area contributed by atoms with Crippen LogP contribution >= 0.6 is 22.7 Å². The number of thiazole rings is 1. The molecule has 0 aliphatic rings. The molecule has 5 rings (SSSR count). The van der Waals surface area contributed by atoms with Gasteiger partial charge in [0.2, 0.25) is 0 Å². The number of aliphatic hydroxyl groups excluding tert-OH is 1. The monoisotopic (exact) mass is 547 g/mol. The molecule has 0 aliphatic carbocycles. The molecule has 196 valence electrons. The molecule has 38 heavy (non-hydrogen) atoms. The van der Waals surface area contributed by atoms with Crippen molar-refractivity contribution in [3.05, 3.63) is 75.2 Å². The minimum atomic E-state index is -0.380. The fraction of sp³-hybridized carbons (Fsp3) is 0.286. The van der Waals surface area contributed by atoms with Gasteiger partial charge >= 0.3 is 0 Å². The number of aryl methyl sites for hydroxylation is 1. The van der Waals surface area contributed by atoms with Gasteiger partial charge in [-0.05, 0) is 60.5 Å². The van der Waals surface area contributed by atoms with Crippen LogP contribution < -0.4 is 10.6 Å². The number of carbonyl (C=O) groups excluding carboxylic acids is 2. The van der Waals surface area contributed by atoms with Crippen molar-refractivity contribution in [2.45, 2.75) is 39.8 Å². The highest BCUT2D eigenvalue weighted by Crippen LogP contribution is 2.28. The molecule has 0 fully saturated rings. The number of nitrogens with zero attached hydrogens (tertiary/aromatic N) is 3. The maximum atomic E-state index is 13.5. The summed E-state index contributed by atoms with van der Waals surface area (Å²) in [6.45, 7) is 6.26. The van der Waals surface area contributed by atoms with Crippen molar-refractivity contribution in [1.82, 2.24) is 25.0 Å². The molecule has 4 heterocycles. The Kier molecular flexibility index (Phi) is 7.55. The number of hydrogen-bond donors (Lipinski definition) is 3. The Morgan fingerprint density at radius 2 is 1.97 bits per heavy atom. The Morgan fingerprint density at radius 3 is 2.71 bits per heavy atom. The van der Waals surface area contributed by atoms with Crippen LogP contribution in [0.3, 0.4) is 0 Å². The van der Waals surface area contributed by atoms with Gasteiger partial charge in [0.15, 0.2) is 5.65 Å². The van der Waals surface area contributed by atoms with E-state index in [0.29, 0.717) is 41.5 Å². The fourth-order valence-electron chi connectivity index (χ4n) is 4.54. The van der Waals surface area contributed by atoms with E-state index in [1.54, 1.807) is 34.1 Å². The summed E-state index contributed by atoms with van der Waals surface area (Å²) in [5.41, 5.74) is 4.33. The molecule has 4 aromatic heterocycles. The second kappa shape index (κ2) is 11.0. The third-order valence-electron chi connectivity index (χ3n) is 6.23. The number of hydrogen-bond acceptors (Lipinski definition) is 7. The van der Waals surface area contributed by atoms with E-state index < -0.39 is 0 Å². The maximum Gasteiger partial charge on any atom is 0.270 e. The quantitative estimate of drug-likeness (QED) is 0.239. The first kappa shape index (κ1) is 26.0. The lowest BCUT2D eigenvalue weighted by molar-refractivity contribution is 0.0901. The fourth-order valence-corrected chi connectivity index (χ4v) is 6.07. The van der Waals surface area contributed by atoms with Gasteiger partial charge < -0.3 is 15.7 Å². The van der Waals surface area contributed by atoms with Gasteiger partial charge in [-0.25, -0.2) is 9.97 Å². The molecule has 1 aromatic carbocycles. The molecule has 3 N–H and O–H groups in total. The normalized spacial score (nSPS) is 12.3. The number of aliphatic hydroxyl groups is 1. The minimum Gasteiger partial charge on any atom is -0.394 e. The average Bonchev–Trinajstić information content (AvgIpc) is 3.63. The number of carbonyl (C=O) groups is 2. The van der Waals surface area contributed by atoms with E-state index in [1.807, 2.05) is 55.8 Å². The van der Waals surface area contributed by atoms with Crippen LogP contribution in [0.1, 0.15) is 51.7 Å². The average molecular weight is 548 g/mol. The van der Waals surface area contributed by atoms with Gasteiger partial charge in [-0.2, -0.15) is 11.3 Å². The van der Waals surface area contributed by atoms with Gasteiger partial charge in [-0.3, -0.25) is 14.0 Å². The third-order valence-corrected chi connectivity index (χ3v) is 7.85. The predicted molar refractivity (Wildman–Crippen MR) is 152 cm³/mol. The lowest BCUT2D eigenvalue weighted by Crippen LogP contribution is -2.39. The first-order chi connectivity index (χ1) is 18.3. The van der Waals surface area contributed by atoms with E-state index in [9.17, 15) is 14.7 Å². The molecule has 5 aromatic rings. The van der Waals surface area contributed by atoms with Crippen molar-refractivity contribution in [3.63, 3.8) is 0 Å². The second-order valence-corrected chi connectivity index (χ2v) is 11.7. The van der Waals surface area contributed by atoms with Gasteiger partial charge in [0.05, 0.1) is 33.4 Å². The van der Waals surface area contributed by atoms with Gasteiger partial charge in [0, 0.05) is 23.7 Å². The number of aromatic nitrogens is 3. The zero-order valence-electron chi connectivity index (χ0n) is 21.4. The van der Waals surface area contributed by atoms with Crippen molar-refractivity contribution in [3.8, 4) is 11.3 Å². The summed E-state index contributed by atoms with van der Waals surface area (Å²) in [7, 11) is 0. The van der Waals surface area contributed by atoms with Crippen molar-refractivity contribution in [2.24, 2.45) is 5.92 Å². The molecule has 0 radical (unpaired) electrons. The highest BCUT2D eigenvalue weighted by atomic mass is 32.1. The van der Waals surface area contributed by atoms with Crippen molar-refractivity contribution in [2.75, 3.05) is 6.61 Å². The van der Waals surface area contributed by atoms with Gasteiger partial charge in [0.1, 0.15) is 11.4 Å². The van der Waals surface area contributed by atoms with Crippen LogP contribution in [0, 0.1) is 12.8 Å². The summed E-state index contributed by atoms with van der Waals surface area (Å²) in [5.74, 6) is -0.316. The van der Waals surface area contributed by atoms with Crippen LogP contribution in [0.2, 0.25) is 0 Å². The van der Waals surface area contributed by atoms with E-state index in [2.05, 4.69) is 15.6 Å². The molecule has 0 aliphatic heterocycles. The lowest BCUT2D eigenvalue weighted by Gasteiger charge is -2.18.